The Morgan fingerprint density at radius 2 is 1.94 bits per heavy atom. The molecule has 2 N–H and O–H groups in total. The van der Waals surface area contributed by atoms with Crippen molar-refractivity contribution in [1.29, 1.82) is 5.26 Å². The Kier molecular flexibility index (Phi) is 3.11. The molecule has 90 valence electrons. The SMILES string of the molecule is Cc1cc(C#N)cc(C)c1Oc1ccnc(N)n1. The number of ether oxygens (including phenoxy) is 1. The summed E-state index contributed by atoms with van der Waals surface area (Å²) in [6, 6.07) is 7.28. The maximum absolute atomic E-state index is 8.88. The van der Waals surface area contributed by atoms with E-state index in [4.69, 9.17) is 15.7 Å². The number of hydrogen-bond acceptors (Lipinski definition) is 5. The number of nitrogens with zero attached hydrogens (tertiary/aromatic N) is 3. The number of anilines is 1. The van der Waals surface area contributed by atoms with Gasteiger partial charge in [-0.2, -0.15) is 10.2 Å². The summed E-state index contributed by atoms with van der Waals surface area (Å²) in [7, 11) is 0. The van der Waals surface area contributed by atoms with Crippen molar-refractivity contribution < 1.29 is 4.74 Å². The molecular weight excluding hydrogens is 228 g/mol. The Morgan fingerprint density at radius 1 is 1.28 bits per heavy atom. The van der Waals surface area contributed by atoms with Crippen molar-refractivity contribution >= 4 is 5.95 Å². The molecule has 1 aromatic carbocycles. The molecule has 0 bridgehead atoms. The summed E-state index contributed by atoms with van der Waals surface area (Å²) in [6.07, 6.45) is 1.53. The lowest BCUT2D eigenvalue weighted by Crippen LogP contribution is -1.98. The van der Waals surface area contributed by atoms with Gasteiger partial charge in [0.2, 0.25) is 11.8 Å². The van der Waals surface area contributed by atoms with Crippen molar-refractivity contribution in [3.05, 3.63) is 41.1 Å². The number of benzene rings is 1. The van der Waals surface area contributed by atoms with Gasteiger partial charge in [0.25, 0.3) is 0 Å². The van der Waals surface area contributed by atoms with Gasteiger partial charge in [0.1, 0.15) is 5.75 Å². The zero-order valence-corrected chi connectivity index (χ0v) is 10.1. The Balaban J connectivity index is 2.38. The zero-order valence-electron chi connectivity index (χ0n) is 10.1. The molecule has 0 aliphatic rings. The highest BCUT2D eigenvalue weighted by atomic mass is 16.5. The van der Waals surface area contributed by atoms with Crippen LogP contribution in [0.25, 0.3) is 0 Å². The second kappa shape index (κ2) is 4.72. The smallest absolute Gasteiger partial charge is 0.224 e. The number of nitriles is 1. The topological polar surface area (TPSA) is 84.8 Å². The van der Waals surface area contributed by atoms with Crippen molar-refractivity contribution in [3.63, 3.8) is 0 Å². The maximum Gasteiger partial charge on any atom is 0.224 e. The lowest BCUT2D eigenvalue weighted by Gasteiger charge is -2.11. The molecule has 0 aliphatic heterocycles. The molecule has 0 atom stereocenters. The van der Waals surface area contributed by atoms with Crippen LogP contribution in [0, 0.1) is 25.2 Å². The van der Waals surface area contributed by atoms with Gasteiger partial charge in [-0.15, -0.1) is 0 Å². The molecule has 0 unspecified atom stereocenters. The normalized spacial score (nSPS) is 9.83. The Bertz CT molecular complexity index is 608. The first-order valence-electron chi connectivity index (χ1n) is 5.38. The number of nitrogen functional groups attached to an aromatic ring is 1. The highest BCUT2D eigenvalue weighted by molar-refractivity contribution is 5.48. The van der Waals surface area contributed by atoms with Gasteiger partial charge in [0, 0.05) is 12.3 Å². The second-order valence-corrected chi connectivity index (χ2v) is 3.91. The van der Waals surface area contributed by atoms with Crippen LogP contribution in [0.15, 0.2) is 24.4 Å². The highest BCUT2D eigenvalue weighted by Gasteiger charge is 2.08. The number of nitrogens with two attached hydrogens (primary N) is 1. The molecule has 0 spiro atoms. The number of hydrogen-bond donors (Lipinski definition) is 1. The van der Waals surface area contributed by atoms with E-state index in [1.54, 1.807) is 18.2 Å². The summed E-state index contributed by atoms with van der Waals surface area (Å²) < 4.78 is 5.68. The fourth-order valence-electron chi connectivity index (χ4n) is 1.69. The average Bonchev–Trinajstić information content (AvgIpc) is 2.33. The standard InChI is InChI=1S/C13H12N4O/c1-8-5-10(7-14)6-9(2)12(8)18-11-3-4-16-13(15)17-11/h3-6H,1-2H3,(H2,15,16,17). The summed E-state index contributed by atoms with van der Waals surface area (Å²) in [4.78, 5) is 7.77. The van der Waals surface area contributed by atoms with E-state index in [1.165, 1.54) is 6.20 Å². The first-order chi connectivity index (χ1) is 8.60. The average molecular weight is 240 g/mol. The highest BCUT2D eigenvalue weighted by Crippen LogP contribution is 2.28. The minimum absolute atomic E-state index is 0.163. The number of aryl methyl sites for hydroxylation is 2. The van der Waals surface area contributed by atoms with Crippen LogP contribution in [-0.4, -0.2) is 9.97 Å². The van der Waals surface area contributed by atoms with Crippen LogP contribution >= 0.6 is 0 Å². The minimum atomic E-state index is 0.163. The third-order valence-electron chi connectivity index (χ3n) is 2.44. The Morgan fingerprint density at radius 3 is 2.50 bits per heavy atom. The van der Waals surface area contributed by atoms with Gasteiger partial charge in [-0.05, 0) is 37.1 Å². The molecule has 0 radical (unpaired) electrons. The van der Waals surface area contributed by atoms with Crippen molar-refractivity contribution in [2.24, 2.45) is 0 Å². The van der Waals surface area contributed by atoms with Gasteiger partial charge in [0.05, 0.1) is 11.6 Å². The monoisotopic (exact) mass is 240 g/mol. The van der Waals surface area contributed by atoms with Crippen LogP contribution < -0.4 is 10.5 Å². The predicted molar refractivity (Wildman–Crippen MR) is 67.1 cm³/mol. The molecule has 0 fully saturated rings. The molecule has 2 rings (SSSR count). The van der Waals surface area contributed by atoms with Crippen LogP contribution in [0.2, 0.25) is 0 Å². The predicted octanol–water partition coefficient (Wildman–Crippen LogP) is 2.34. The summed E-state index contributed by atoms with van der Waals surface area (Å²) >= 11 is 0. The van der Waals surface area contributed by atoms with E-state index >= 15 is 0 Å². The molecule has 1 aromatic heterocycles. The van der Waals surface area contributed by atoms with E-state index in [0.29, 0.717) is 17.2 Å². The van der Waals surface area contributed by atoms with E-state index in [9.17, 15) is 0 Å². The molecule has 18 heavy (non-hydrogen) atoms. The van der Waals surface area contributed by atoms with Crippen molar-refractivity contribution in [2.45, 2.75) is 13.8 Å². The first-order valence-corrected chi connectivity index (χ1v) is 5.38. The third-order valence-corrected chi connectivity index (χ3v) is 2.44. The lowest BCUT2D eigenvalue weighted by atomic mass is 10.1. The summed E-state index contributed by atoms with van der Waals surface area (Å²) in [6.45, 7) is 3.77. The van der Waals surface area contributed by atoms with Gasteiger partial charge in [-0.1, -0.05) is 0 Å². The van der Waals surface area contributed by atoms with Crippen molar-refractivity contribution in [2.75, 3.05) is 5.73 Å². The largest absolute Gasteiger partial charge is 0.438 e. The molecule has 5 heteroatoms. The molecule has 2 aromatic rings. The second-order valence-electron chi connectivity index (χ2n) is 3.91. The maximum atomic E-state index is 8.88. The Hall–Kier alpha value is -2.61. The summed E-state index contributed by atoms with van der Waals surface area (Å²) in [5.41, 5.74) is 7.86. The van der Waals surface area contributed by atoms with Gasteiger partial charge in [0.15, 0.2) is 0 Å². The van der Waals surface area contributed by atoms with E-state index in [-0.39, 0.29) is 5.95 Å². The van der Waals surface area contributed by atoms with E-state index in [1.807, 2.05) is 13.8 Å². The summed E-state index contributed by atoms with van der Waals surface area (Å²) in [5.74, 6) is 1.24. The molecule has 0 aliphatic carbocycles. The van der Waals surface area contributed by atoms with E-state index in [0.717, 1.165) is 11.1 Å². The Labute approximate surface area is 105 Å². The molecule has 5 nitrogen and oxygen atoms in total. The number of rotatable bonds is 2. The molecule has 0 amide bonds. The van der Waals surface area contributed by atoms with Crippen molar-refractivity contribution in [3.8, 4) is 17.7 Å². The van der Waals surface area contributed by atoms with Gasteiger partial charge < -0.3 is 10.5 Å². The number of aromatic nitrogens is 2. The summed E-state index contributed by atoms with van der Waals surface area (Å²) in [5, 5.41) is 8.88. The zero-order chi connectivity index (χ0) is 13.1. The van der Waals surface area contributed by atoms with Crippen molar-refractivity contribution in [1.82, 2.24) is 9.97 Å². The van der Waals surface area contributed by atoms with Gasteiger partial charge >= 0.3 is 0 Å². The van der Waals surface area contributed by atoms with Crippen LogP contribution in [0.3, 0.4) is 0 Å². The van der Waals surface area contributed by atoms with Crippen LogP contribution in [0.4, 0.5) is 5.95 Å². The van der Waals surface area contributed by atoms with Crippen LogP contribution in [0.1, 0.15) is 16.7 Å². The first kappa shape index (κ1) is 11.9. The lowest BCUT2D eigenvalue weighted by molar-refractivity contribution is 0.455. The quantitative estimate of drug-likeness (QED) is 0.870. The van der Waals surface area contributed by atoms with E-state index in [2.05, 4.69) is 16.0 Å². The van der Waals surface area contributed by atoms with Gasteiger partial charge in [-0.3, -0.25) is 0 Å². The third kappa shape index (κ3) is 2.38. The van der Waals surface area contributed by atoms with Crippen LogP contribution in [-0.2, 0) is 0 Å². The molecule has 0 saturated carbocycles. The fraction of sp³-hybridized carbons (Fsp3) is 0.154. The van der Waals surface area contributed by atoms with E-state index < -0.39 is 0 Å². The molecule has 1 heterocycles. The minimum Gasteiger partial charge on any atom is -0.438 e. The van der Waals surface area contributed by atoms with Crippen LogP contribution in [0.5, 0.6) is 11.6 Å². The van der Waals surface area contributed by atoms with Gasteiger partial charge in [-0.25, -0.2) is 4.98 Å². The molecular formula is C13H12N4O. The fourth-order valence-corrected chi connectivity index (χ4v) is 1.69. The molecule has 0 saturated heterocycles.